The van der Waals surface area contributed by atoms with Crippen molar-refractivity contribution in [1.82, 2.24) is 0 Å². The average molecular weight is 823 g/mol. The third-order valence-electron chi connectivity index (χ3n) is 11.9. The summed E-state index contributed by atoms with van der Waals surface area (Å²) in [7, 11) is 0. The Morgan fingerprint density at radius 3 is 1.33 bits per heavy atom. The molecule has 0 aromatic rings. The molecule has 6 atom stereocenters. The molecule has 1 fully saturated rings. The molecule has 0 aromatic heterocycles. The van der Waals surface area contributed by atoms with Gasteiger partial charge in [-0.25, -0.2) is 0 Å². The van der Waals surface area contributed by atoms with Gasteiger partial charge >= 0.3 is 5.97 Å². The lowest BCUT2D eigenvalue weighted by Crippen LogP contribution is -2.59. The number of hydrogen-bond donors (Lipinski definition) is 4. The first-order valence-corrected chi connectivity index (χ1v) is 25.0. The molecule has 0 spiro atoms. The monoisotopic (exact) mass is 823 g/mol. The Bertz CT molecular complexity index is 948. The van der Waals surface area contributed by atoms with Crippen LogP contribution >= 0.6 is 0 Å². The minimum atomic E-state index is -1.51. The molecule has 1 saturated heterocycles. The fourth-order valence-electron chi connectivity index (χ4n) is 7.99. The van der Waals surface area contributed by atoms with Crippen molar-refractivity contribution in [2.75, 3.05) is 13.2 Å². The maximum absolute atomic E-state index is 12.9. The zero-order chi connectivity index (χ0) is 42.2. The summed E-state index contributed by atoms with van der Waals surface area (Å²) in [5, 5.41) is 40.2. The van der Waals surface area contributed by atoms with E-state index in [4.69, 9.17) is 14.2 Å². The van der Waals surface area contributed by atoms with Crippen LogP contribution in [0.25, 0.3) is 0 Å². The van der Waals surface area contributed by atoms with Gasteiger partial charge in [-0.3, -0.25) is 4.79 Å². The highest BCUT2D eigenvalue weighted by Crippen LogP contribution is 2.23. The van der Waals surface area contributed by atoms with Crippen LogP contribution < -0.4 is 0 Å². The van der Waals surface area contributed by atoms with Crippen LogP contribution in [0.4, 0.5) is 0 Å². The van der Waals surface area contributed by atoms with Gasteiger partial charge in [0.15, 0.2) is 6.29 Å². The smallest absolute Gasteiger partial charge is 0.306 e. The molecule has 1 heterocycles. The second-order valence-electron chi connectivity index (χ2n) is 17.5. The summed E-state index contributed by atoms with van der Waals surface area (Å²) in [6.07, 6.45) is 38.0. The summed E-state index contributed by atoms with van der Waals surface area (Å²) in [5.41, 5.74) is 0. The van der Waals surface area contributed by atoms with Crippen LogP contribution in [0, 0.1) is 11.8 Å². The van der Waals surface area contributed by atoms with Gasteiger partial charge in [0.25, 0.3) is 0 Å². The van der Waals surface area contributed by atoms with E-state index < -0.39 is 43.4 Å². The number of carbonyl (C=O) groups excluding carboxylic acids is 1. The van der Waals surface area contributed by atoms with Crippen LogP contribution in [0.15, 0.2) is 0 Å². The van der Waals surface area contributed by atoms with Gasteiger partial charge in [0.1, 0.15) is 30.5 Å². The first kappa shape index (κ1) is 54.8. The van der Waals surface area contributed by atoms with E-state index >= 15 is 0 Å². The van der Waals surface area contributed by atoms with Gasteiger partial charge in [-0.2, -0.15) is 0 Å². The first-order valence-electron chi connectivity index (χ1n) is 25.0. The number of ether oxygens (including phenoxy) is 3. The molecular weight excluding hydrogens is 729 g/mol. The van der Waals surface area contributed by atoms with E-state index in [1.54, 1.807) is 0 Å². The predicted octanol–water partition coefficient (Wildman–Crippen LogP) is 12.2. The average Bonchev–Trinajstić information content (AvgIpc) is 3.22. The maximum atomic E-state index is 12.9. The van der Waals surface area contributed by atoms with Gasteiger partial charge in [0, 0.05) is 19.3 Å². The molecule has 8 nitrogen and oxygen atoms in total. The standard InChI is InChI=1S/C50H94O8/c1-3-5-7-9-11-13-15-17-19-20-21-22-23-24-25-26-27-29-31-33-35-37-39-41-46(52)57-44(43-56-50-49(55)48(54)47(53)45(42-51)58-50)40-38-36-34-32-30-28-18-16-14-12-10-8-6-4-2/h44-45,47-51,53-55H,3-13,15,17-43H2,1-2H3/t44-,45-,47+,48+,49-,50+/m1/s1. The topological polar surface area (TPSA) is 126 Å². The van der Waals surface area contributed by atoms with Crippen LogP contribution in [0.1, 0.15) is 251 Å². The fraction of sp³-hybridized carbons (Fsp3) is 0.940. The molecule has 8 heteroatoms. The molecule has 1 rings (SSSR count). The molecule has 0 radical (unpaired) electrons. The van der Waals surface area contributed by atoms with Gasteiger partial charge in [-0.15, -0.1) is 11.8 Å². The van der Waals surface area contributed by atoms with E-state index in [0.29, 0.717) is 12.8 Å². The molecule has 0 aromatic carbocycles. The molecule has 0 saturated carbocycles. The number of esters is 1. The summed E-state index contributed by atoms with van der Waals surface area (Å²) in [6.45, 7) is 4.00. The Morgan fingerprint density at radius 1 is 0.517 bits per heavy atom. The van der Waals surface area contributed by atoms with E-state index in [1.165, 1.54) is 161 Å². The van der Waals surface area contributed by atoms with Crippen molar-refractivity contribution in [2.24, 2.45) is 0 Å². The van der Waals surface area contributed by atoms with Crippen molar-refractivity contribution in [2.45, 2.75) is 288 Å². The zero-order valence-electron chi connectivity index (χ0n) is 38.0. The highest BCUT2D eigenvalue weighted by molar-refractivity contribution is 5.69. The van der Waals surface area contributed by atoms with Crippen LogP contribution in [0.2, 0.25) is 0 Å². The predicted molar refractivity (Wildman–Crippen MR) is 240 cm³/mol. The first-order chi connectivity index (χ1) is 28.4. The van der Waals surface area contributed by atoms with E-state index in [0.717, 1.165) is 64.2 Å². The van der Waals surface area contributed by atoms with E-state index in [1.807, 2.05) is 0 Å². The van der Waals surface area contributed by atoms with Crippen LogP contribution in [0.3, 0.4) is 0 Å². The molecule has 58 heavy (non-hydrogen) atoms. The number of carbonyl (C=O) groups is 1. The van der Waals surface area contributed by atoms with Crippen molar-refractivity contribution in [3.63, 3.8) is 0 Å². The van der Waals surface area contributed by atoms with Crippen molar-refractivity contribution in [1.29, 1.82) is 0 Å². The van der Waals surface area contributed by atoms with Gasteiger partial charge in [-0.05, 0) is 32.1 Å². The van der Waals surface area contributed by atoms with Crippen LogP contribution in [-0.4, -0.2) is 76.4 Å². The van der Waals surface area contributed by atoms with E-state index in [-0.39, 0.29) is 12.6 Å². The number of rotatable bonds is 41. The highest BCUT2D eigenvalue weighted by Gasteiger charge is 2.44. The molecule has 4 N–H and O–H groups in total. The van der Waals surface area contributed by atoms with E-state index in [2.05, 4.69) is 25.7 Å². The molecule has 0 amide bonds. The Hall–Kier alpha value is -1.21. The maximum Gasteiger partial charge on any atom is 0.306 e. The third-order valence-corrected chi connectivity index (χ3v) is 11.9. The van der Waals surface area contributed by atoms with Gasteiger partial charge in [-0.1, -0.05) is 200 Å². The molecule has 1 aliphatic heterocycles. The Balaban J connectivity index is 2.17. The number of aliphatic hydroxyl groups is 4. The second-order valence-corrected chi connectivity index (χ2v) is 17.5. The number of aliphatic hydroxyl groups excluding tert-OH is 4. The Labute approximate surface area is 357 Å². The molecule has 0 bridgehead atoms. The van der Waals surface area contributed by atoms with Crippen molar-refractivity contribution >= 4 is 5.97 Å². The summed E-state index contributed by atoms with van der Waals surface area (Å²) in [6, 6.07) is 0. The van der Waals surface area contributed by atoms with Crippen LogP contribution in [-0.2, 0) is 19.0 Å². The zero-order valence-corrected chi connectivity index (χ0v) is 38.0. The summed E-state index contributed by atoms with van der Waals surface area (Å²) < 4.78 is 17.2. The summed E-state index contributed by atoms with van der Waals surface area (Å²) in [4.78, 5) is 12.9. The van der Waals surface area contributed by atoms with Crippen molar-refractivity contribution in [3.05, 3.63) is 0 Å². The minimum absolute atomic E-state index is 0.00491. The third kappa shape index (κ3) is 31.6. The fourth-order valence-corrected chi connectivity index (χ4v) is 7.99. The number of unbranched alkanes of at least 4 members (excludes halogenated alkanes) is 32. The van der Waals surface area contributed by atoms with Gasteiger partial charge in [0.05, 0.1) is 13.2 Å². The van der Waals surface area contributed by atoms with Crippen molar-refractivity contribution < 1.29 is 39.4 Å². The molecule has 0 aliphatic carbocycles. The van der Waals surface area contributed by atoms with E-state index in [9.17, 15) is 25.2 Å². The summed E-state index contributed by atoms with van der Waals surface area (Å²) in [5.74, 6) is 6.39. The Kier molecular flexibility index (Phi) is 38.9. The van der Waals surface area contributed by atoms with Gasteiger partial charge in [0.2, 0.25) is 0 Å². The lowest BCUT2D eigenvalue weighted by molar-refractivity contribution is -0.304. The van der Waals surface area contributed by atoms with Gasteiger partial charge < -0.3 is 34.6 Å². The quantitative estimate of drug-likeness (QED) is 0.0273. The molecule has 0 unspecified atom stereocenters. The molecule has 342 valence electrons. The van der Waals surface area contributed by atoms with Crippen molar-refractivity contribution in [3.8, 4) is 11.8 Å². The number of hydrogen-bond acceptors (Lipinski definition) is 8. The molecule has 1 aliphatic rings. The lowest BCUT2D eigenvalue weighted by Gasteiger charge is -2.39. The summed E-state index contributed by atoms with van der Waals surface area (Å²) >= 11 is 0. The Morgan fingerprint density at radius 2 is 0.897 bits per heavy atom. The minimum Gasteiger partial charge on any atom is -0.460 e. The van der Waals surface area contributed by atoms with Crippen LogP contribution in [0.5, 0.6) is 0 Å². The lowest BCUT2D eigenvalue weighted by atomic mass is 9.99. The highest BCUT2D eigenvalue weighted by atomic mass is 16.7. The molecular formula is C50H94O8. The normalized spacial score (nSPS) is 19.9. The SMILES string of the molecule is CCCCCCC#CCCCCCCCC[C@H](CO[C@H]1O[C@H](CO)[C@H](O)[C@H](O)[C@H]1O)OC(=O)CCCCCCCCCCCCCCCCCCCCCCCCC. The second kappa shape index (κ2) is 41.2. The largest absolute Gasteiger partial charge is 0.460 e.